The first-order chi connectivity index (χ1) is 11.6. The number of benzene rings is 1. The molecule has 0 saturated carbocycles. The first-order valence-electron chi connectivity index (χ1n) is 8.51. The Morgan fingerprint density at radius 2 is 2.21 bits per heavy atom. The molecule has 1 atom stereocenters. The average molecular weight is 327 g/mol. The summed E-state index contributed by atoms with van der Waals surface area (Å²) < 4.78 is 0. The molecule has 1 aliphatic heterocycles. The quantitative estimate of drug-likeness (QED) is 0.785. The van der Waals surface area contributed by atoms with Crippen LogP contribution in [0.15, 0.2) is 30.3 Å². The number of nitrogen functional groups attached to an aromatic ring is 1. The Labute approximate surface area is 142 Å². The highest BCUT2D eigenvalue weighted by Gasteiger charge is 2.20. The van der Waals surface area contributed by atoms with E-state index in [0.717, 1.165) is 18.5 Å². The van der Waals surface area contributed by atoms with Gasteiger partial charge in [-0.25, -0.2) is 0 Å². The molecule has 2 aromatic rings. The molecule has 1 aliphatic rings. The number of hydrogen-bond donors (Lipinski definition) is 3. The molecule has 2 heterocycles. The van der Waals surface area contributed by atoms with Gasteiger partial charge in [-0.15, -0.1) is 0 Å². The number of piperidine rings is 1. The van der Waals surface area contributed by atoms with E-state index >= 15 is 0 Å². The van der Waals surface area contributed by atoms with Crippen LogP contribution in [0.5, 0.6) is 0 Å². The van der Waals surface area contributed by atoms with Gasteiger partial charge >= 0.3 is 0 Å². The molecular weight excluding hydrogens is 302 g/mol. The van der Waals surface area contributed by atoms with Crippen molar-refractivity contribution in [2.24, 2.45) is 5.92 Å². The summed E-state index contributed by atoms with van der Waals surface area (Å²) in [4.78, 5) is 14.9. The van der Waals surface area contributed by atoms with Crippen LogP contribution in [0.2, 0.25) is 0 Å². The molecule has 0 bridgehead atoms. The lowest BCUT2D eigenvalue weighted by atomic mass is 9.95. The molecule has 0 radical (unpaired) electrons. The maximum Gasteiger partial charge on any atom is 0.270 e. The number of H-pyrrole nitrogens is 1. The number of likely N-dealkylation sites (tertiary alicyclic amines) is 1. The normalized spacial score (nSPS) is 18.5. The largest absolute Gasteiger partial charge is 0.382 e. The van der Waals surface area contributed by atoms with Gasteiger partial charge in [-0.3, -0.25) is 9.89 Å². The molecule has 3 rings (SSSR count). The smallest absolute Gasteiger partial charge is 0.270 e. The lowest BCUT2D eigenvalue weighted by molar-refractivity contribution is 0.0944. The first-order valence-corrected chi connectivity index (χ1v) is 8.51. The van der Waals surface area contributed by atoms with Crippen LogP contribution in [0.25, 0.3) is 11.1 Å². The van der Waals surface area contributed by atoms with Gasteiger partial charge in [-0.2, -0.15) is 5.10 Å². The van der Waals surface area contributed by atoms with Crippen LogP contribution >= 0.6 is 0 Å². The number of anilines is 1. The lowest BCUT2D eigenvalue weighted by Crippen LogP contribution is -2.34. The average Bonchev–Trinajstić information content (AvgIpc) is 2.97. The second kappa shape index (κ2) is 7.49. The Kier molecular flexibility index (Phi) is 5.15. The van der Waals surface area contributed by atoms with Crippen molar-refractivity contribution < 1.29 is 4.79 Å². The molecular formula is C18H25N5O. The monoisotopic (exact) mass is 327 g/mol. The Hall–Kier alpha value is -2.34. The number of aromatic nitrogens is 2. The van der Waals surface area contributed by atoms with E-state index in [1.165, 1.54) is 19.4 Å². The van der Waals surface area contributed by atoms with E-state index in [0.29, 0.717) is 29.5 Å². The van der Waals surface area contributed by atoms with Gasteiger partial charge in [-0.05, 0) is 44.3 Å². The topological polar surface area (TPSA) is 87.0 Å². The molecule has 0 aliphatic carbocycles. The van der Waals surface area contributed by atoms with Crippen molar-refractivity contribution >= 4 is 11.7 Å². The van der Waals surface area contributed by atoms with E-state index in [4.69, 9.17) is 5.73 Å². The van der Waals surface area contributed by atoms with Crippen molar-refractivity contribution in [3.63, 3.8) is 0 Å². The summed E-state index contributed by atoms with van der Waals surface area (Å²) in [5.41, 5.74) is 7.94. The van der Waals surface area contributed by atoms with E-state index in [-0.39, 0.29) is 5.91 Å². The molecule has 1 unspecified atom stereocenters. The molecule has 0 spiro atoms. The Balaban J connectivity index is 1.62. The van der Waals surface area contributed by atoms with Crippen molar-refractivity contribution in [1.82, 2.24) is 20.4 Å². The zero-order chi connectivity index (χ0) is 16.9. The number of nitrogens with zero attached hydrogens (tertiary/aromatic N) is 2. The molecule has 128 valence electrons. The van der Waals surface area contributed by atoms with Crippen molar-refractivity contribution in [3.8, 4) is 11.1 Å². The van der Waals surface area contributed by atoms with E-state index in [2.05, 4.69) is 27.5 Å². The zero-order valence-corrected chi connectivity index (χ0v) is 14.1. The van der Waals surface area contributed by atoms with Crippen molar-refractivity contribution in [2.75, 3.05) is 32.4 Å². The zero-order valence-electron chi connectivity index (χ0n) is 14.1. The van der Waals surface area contributed by atoms with Crippen LogP contribution in [0, 0.1) is 5.92 Å². The highest BCUT2D eigenvalue weighted by Crippen LogP contribution is 2.27. The van der Waals surface area contributed by atoms with Gasteiger partial charge in [0.2, 0.25) is 0 Å². The molecule has 1 fully saturated rings. The van der Waals surface area contributed by atoms with E-state index < -0.39 is 0 Å². The number of nitrogens with two attached hydrogens (primary N) is 1. The highest BCUT2D eigenvalue weighted by molar-refractivity contribution is 6.01. The second-order valence-electron chi connectivity index (χ2n) is 6.54. The van der Waals surface area contributed by atoms with Crippen molar-refractivity contribution in [3.05, 3.63) is 36.0 Å². The van der Waals surface area contributed by atoms with Crippen LogP contribution < -0.4 is 11.1 Å². The van der Waals surface area contributed by atoms with Gasteiger partial charge < -0.3 is 16.0 Å². The third kappa shape index (κ3) is 3.76. The number of hydrogen-bond acceptors (Lipinski definition) is 4. The fourth-order valence-corrected chi connectivity index (χ4v) is 3.40. The summed E-state index contributed by atoms with van der Waals surface area (Å²) in [7, 11) is 2.16. The molecule has 1 saturated heterocycles. The van der Waals surface area contributed by atoms with Gasteiger partial charge in [-0.1, -0.05) is 30.3 Å². The number of carbonyl (C=O) groups excluding carboxylic acids is 1. The maximum absolute atomic E-state index is 12.5. The summed E-state index contributed by atoms with van der Waals surface area (Å²) in [6, 6.07) is 9.62. The minimum Gasteiger partial charge on any atom is -0.382 e. The number of aromatic amines is 1. The van der Waals surface area contributed by atoms with Crippen LogP contribution in [0.1, 0.15) is 29.8 Å². The molecule has 1 amide bonds. The lowest BCUT2D eigenvalue weighted by Gasteiger charge is -2.29. The van der Waals surface area contributed by atoms with Gasteiger partial charge in [0.05, 0.1) is 5.56 Å². The number of carbonyl (C=O) groups is 1. The van der Waals surface area contributed by atoms with Crippen molar-refractivity contribution in [2.45, 2.75) is 19.3 Å². The molecule has 6 nitrogen and oxygen atoms in total. The second-order valence-corrected chi connectivity index (χ2v) is 6.54. The first kappa shape index (κ1) is 16.5. The molecule has 4 N–H and O–H groups in total. The van der Waals surface area contributed by atoms with Crippen LogP contribution in [0.4, 0.5) is 5.82 Å². The molecule has 1 aromatic heterocycles. The minimum absolute atomic E-state index is 0.151. The Morgan fingerprint density at radius 1 is 1.42 bits per heavy atom. The van der Waals surface area contributed by atoms with Gasteiger partial charge in [0.15, 0.2) is 5.82 Å². The third-order valence-corrected chi connectivity index (χ3v) is 4.64. The number of amides is 1. The van der Waals surface area contributed by atoms with E-state index in [1.807, 2.05) is 30.3 Å². The number of nitrogens with one attached hydrogen (secondary N) is 2. The summed E-state index contributed by atoms with van der Waals surface area (Å²) >= 11 is 0. The van der Waals surface area contributed by atoms with Crippen LogP contribution in [-0.4, -0.2) is 47.7 Å². The maximum atomic E-state index is 12.5. The minimum atomic E-state index is -0.151. The van der Waals surface area contributed by atoms with Crippen LogP contribution in [-0.2, 0) is 0 Å². The summed E-state index contributed by atoms with van der Waals surface area (Å²) in [5, 5.41) is 9.78. The fraction of sp³-hybridized carbons (Fsp3) is 0.444. The van der Waals surface area contributed by atoms with Crippen LogP contribution in [0.3, 0.4) is 0 Å². The molecule has 1 aromatic carbocycles. The predicted octanol–water partition coefficient (Wildman–Crippen LogP) is 2.12. The van der Waals surface area contributed by atoms with Gasteiger partial charge in [0.1, 0.15) is 5.69 Å². The van der Waals surface area contributed by atoms with Gasteiger partial charge in [0, 0.05) is 13.1 Å². The third-order valence-electron chi connectivity index (χ3n) is 4.64. The Morgan fingerprint density at radius 3 is 2.96 bits per heavy atom. The van der Waals surface area contributed by atoms with Crippen molar-refractivity contribution in [1.29, 1.82) is 0 Å². The predicted molar refractivity (Wildman–Crippen MR) is 95.6 cm³/mol. The summed E-state index contributed by atoms with van der Waals surface area (Å²) in [5.74, 6) is 0.854. The SMILES string of the molecule is CN1CCCC(CCNC(=O)c2[nH]nc(N)c2-c2ccccc2)C1. The summed E-state index contributed by atoms with van der Waals surface area (Å²) in [6.07, 6.45) is 3.48. The Bertz CT molecular complexity index is 682. The molecule has 6 heteroatoms. The van der Waals surface area contributed by atoms with Gasteiger partial charge in [0.25, 0.3) is 5.91 Å². The standard InChI is InChI=1S/C18H25N5O/c1-23-11-5-6-13(12-23)9-10-20-18(24)16-15(17(19)22-21-16)14-7-3-2-4-8-14/h2-4,7-8,13H,5-6,9-12H2,1H3,(H,20,24)(H3,19,21,22). The van der Waals surface area contributed by atoms with E-state index in [1.54, 1.807) is 0 Å². The highest BCUT2D eigenvalue weighted by atomic mass is 16.1. The summed E-state index contributed by atoms with van der Waals surface area (Å²) in [6.45, 7) is 2.96. The molecule has 24 heavy (non-hydrogen) atoms. The number of rotatable bonds is 5. The fourth-order valence-electron chi connectivity index (χ4n) is 3.40. The van der Waals surface area contributed by atoms with E-state index in [9.17, 15) is 4.79 Å².